The smallest absolute Gasteiger partial charge is 0.375 e. The summed E-state index contributed by atoms with van der Waals surface area (Å²) in [5, 5.41) is -0.375. The van der Waals surface area contributed by atoms with Gasteiger partial charge in [0.05, 0.1) is 0 Å². The third-order valence-corrected chi connectivity index (χ3v) is 1.09. The summed E-state index contributed by atoms with van der Waals surface area (Å²) >= 11 is 0. The molecule has 3 heteroatoms. The standard InChI is InChI=1S/C4H5O2Si/c1-3(2)4(5)7-6/h1H2,2H3. The molecule has 37 valence electrons. The third kappa shape index (κ3) is 2.16. The quantitative estimate of drug-likeness (QED) is 0.377. The summed E-state index contributed by atoms with van der Waals surface area (Å²) in [6.07, 6.45) is 0. The second kappa shape index (κ2) is 2.57. The normalized spacial score (nSPS) is 7.57. The van der Waals surface area contributed by atoms with Gasteiger partial charge in [0.2, 0.25) is 5.41 Å². The Labute approximate surface area is 44.1 Å². The Bertz CT molecular complexity index is 117. The highest BCUT2D eigenvalue weighted by atomic mass is 28.2. The van der Waals surface area contributed by atoms with Crippen molar-refractivity contribution >= 4 is 14.8 Å². The molecule has 0 saturated carbocycles. The monoisotopic (exact) mass is 113 g/mol. The molecule has 0 atom stereocenters. The van der Waals surface area contributed by atoms with E-state index in [2.05, 4.69) is 6.58 Å². The van der Waals surface area contributed by atoms with Gasteiger partial charge in [-0.15, -0.1) is 0 Å². The summed E-state index contributed by atoms with van der Waals surface area (Å²) < 4.78 is 9.69. The molecule has 2 nitrogen and oxygen atoms in total. The van der Waals surface area contributed by atoms with Gasteiger partial charge in [0.25, 0.3) is 0 Å². The molecule has 0 rings (SSSR count). The zero-order valence-corrected chi connectivity index (χ0v) is 5.02. The number of hydrogen-bond donors (Lipinski definition) is 0. The predicted octanol–water partition coefficient (Wildman–Crippen LogP) is 0.139. The average molecular weight is 113 g/mol. The van der Waals surface area contributed by atoms with Crippen LogP contribution in [0.1, 0.15) is 6.92 Å². The van der Waals surface area contributed by atoms with E-state index in [0.29, 0.717) is 5.57 Å². The lowest BCUT2D eigenvalue weighted by molar-refractivity contribution is -0.109. The van der Waals surface area contributed by atoms with Gasteiger partial charge in [0.1, 0.15) is 0 Å². The molecule has 0 N–H and O–H groups in total. The lowest BCUT2D eigenvalue weighted by atomic mass is 10.4. The zero-order valence-electron chi connectivity index (χ0n) is 4.02. The fraction of sp³-hybridized carbons (Fsp3) is 0.250. The van der Waals surface area contributed by atoms with E-state index in [1.165, 1.54) is 6.92 Å². The molecule has 0 unspecified atom stereocenters. The Morgan fingerprint density at radius 3 is 2.14 bits per heavy atom. The molecule has 0 aliphatic rings. The first-order chi connectivity index (χ1) is 3.18. The Balaban J connectivity index is 3.81. The summed E-state index contributed by atoms with van der Waals surface area (Å²) in [6.45, 7) is 4.82. The molecule has 0 bridgehead atoms. The maximum atomic E-state index is 10.1. The predicted molar refractivity (Wildman–Crippen MR) is 26.3 cm³/mol. The van der Waals surface area contributed by atoms with Gasteiger partial charge in [-0.1, -0.05) is 6.58 Å². The van der Waals surface area contributed by atoms with E-state index in [1.54, 1.807) is 0 Å². The Morgan fingerprint density at radius 1 is 1.71 bits per heavy atom. The van der Waals surface area contributed by atoms with E-state index in [4.69, 9.17) is 0 Å². The highest BCUT2D eigenvalue weighted by Crippen LogP contribution is 1.82. The van der Waals surface area contributed by atoms with E-state index in [9.17, 15) is 9.26 Å². The summed E-state index contributed by atoms with van der Waals surface area (Å²) in [7, 11) is -0.877. The van der Waals surface area contributed by atoms with Crippen LogP contribution in [-0.4, -0.2) is 14.8 Å². The van der Waals surface area contributed by atoms with Crippen LogP contribution in [0, 0.1) is 0 Å². The van der Waals surface area contributed by atoms with Crippen molar-refractivity contribution < 1.29 is 9.26 Å². The van der Waals surface area contributed by atoms with Crippen molar-refractivity contribution in [2.75, 3.05) is 0 Å². The topological polar surface area (TPSA) is 34.1 Å². The minimum Gasteiger partial charge on any atom is -0.375 e. The van der Waals surface area contributed by atoms with Gasteiger partial charge in [-0.2, -0.15) is 0 Å². The molecule has 0 heterocycles. The number of allylic oxidation sites excluding steroid dienone is 1. The number of hydrogen-bond acceptors (Lipinski definition) is 2. The van der Waals surface area contributed by atoms with Crippen LogP contribution in [0.25, 0.3) is 0 Å². The molecule has 0 spiro atoms. The Hall–Kier alpha value is -0.573. The highest BCUT2D eigenvalue weighted by molar-refractivity contribution is 6.66. The summed E-state index contributed by atoms with van der Waals surface area (Å²) in [4.78, 5) is 10.1. The van der Waals surface area contributed by atoms with Crippen LogP contribution in [-0.2, 0) is 9.26 Å². The largest absolute Gasteiger partial charge is 0.411 e. The first-order valence-corrected chi connectivity index (χ1v) is 2.67. The van der Waals surface area contributed by atoms with Crippen LogP contribution >= 0.6 is 0 Å². The molecule has 7 heavy (non-hydrogen) atoms. The Kier molecular flexibility index (Phi) is 2.36. The van der Waals surface area contributed by atoms with E-state index in [1.807, 2.05) is 0 Å². The zero-order chi connectivity index (χ0) is 5.86. The fourth-order valence-corrected chi connectivity index (χ4v) is 0.261. The lowest BCUT2D eigenvalue weighted by Crippen LogP contribution is -1.99. The SMILES string of the molecule is C=C(C)C(=O)[Si]=O. The van der Waals surface area contributed by atoms with Crippen LogP contribution in [0.15, 0.2) is 12.2 Å². The van der Waals surface area contributed by atoms with E-state index < -0.39 is 9.41 Å². The minimum atomic E-state index is -0.877. The van der Waals surface area contributed by atoms with Crippen LogP contribution in [0.4, 0.5) is 0 Å². The van der Waals surface area contributed by atoms with Crippen molar-refractivity contribution in [3.8, 4) is 0 Å². The molecular weight excluding hydrogens is 108 g/mol. The van der Waals surface area contributed by atoms with Crippen molar-refractivity contribution in [2.24, 2.45) is 0 Å². The Morgan fingerprint density at radius 2 is 2.14 bits per heavy atom. The van der Waals surface area contributed by atoms with Crippen molar-refractivity contribution in [2.45, 2.75) is 6.92 Å². The van der Waals surface area contributed by atoms with Crippen molar-refractivity contribution in [3.63, 3.8) is 0 Å². The molecule has 0 fully saturated rings. The number of rotatable bonds is 2. The number of carbonyl (C=O) groups is 1. The summed E-state index contributed by atoms with van der Waals surface area (Å²) in [5.74, 6) is 0. The summed E-state index contributed by atoms with van der Waals surface area (Å²) in [5.41, 5.74) is 0.355. The van der Waals surface area contributed by atoms with Gasteiger partial charge in [-0.3, -0.25) is 4.79 Å². The molecule has 1 radical (unpaired) electrons. The molecule has 0 aliphatic heterocycles. The molecular formula is C4H5O2Si. The third-order valence-electron chi connectivity index (χ3n) is 0.480. The van der Waals surface area contributed by atoms with Crippen LogP contribution < -0.4 is 0 Å². The second-order valence-corrected chi connectivity index (χ2v) is 1.87. The average Bonchev–Trinajstić information content (AvgIpc) is 1.65. The molecule has 0 aromatic rings. The van der Waals surface area contributed by atoms with Crippen LogP contribution in [0.3, 0.4) is 0 Å². The maximum Gasteiger partial charge on any atom is 0.411 e. The lowest BCUT2D eigenvalue weighted by Gasteiger charge is -1.78. The first-order valence-electron chi connectivity index (χ1n) is 1.76. The van der Waals surface area contributed by atoms with Crippen molar-refractivity contribution in [1.29, 1.82) is 0 Å². The molecule has 0 aromatic carbocycles. The van der Waals surface area contributed by atoms with Crippen molar-refractivity contribution in [3.05, 3.63) is 12.2 Å². The minimum absolute atomic E-state index is 0.355. The van der Waals surface area contributed by atoms with Crippen LogP contribution in [0.5, 0.6) is 0 Å². The van der Waals surface area contributed by atoms with Crippen molar-refractivity contribution in [1.82, 2.24) is 0 Å². The number of carbonyl (C=O) groups excluding carboxylic acids is 1. The highest BCUT2D eigenvalue weighted by Gasteiger charge is 1.97. The summed E-state index contributed by atoms with van der Waals surface area (Å²) in [6, 6.07) is 0. The van der Waals surface area contributed by atoms with E-state index in [0.717, 1.165) is 0 Å². The fourth-order valence-electron chi connectivity index (χ4n) is 0.0871. The van der Waals surface area contributed by atoms with Crippen LogP contribution in [0.2, 0.25) is 0 Å². The van der Waals surface area contributed by atoms with Gasteiger partial charge in [0.15, 0.2) is 0 Å². The van der Waals surface area contributed by atoms with E-state index in [-0.39, 0.29) is 5.41 Å². The second-order valence-electron chi connectivity index (χ2n) is 1.21. The first kappa shape index (κ1) is 6.43. The van der Waals surface area contributed by atoms with Gasteiger partial charge in [0, 0.05) is 0 Å². The molecule has 0 aromatic heterocycles. The van der Waals surface area contributed by atoms with Gasteiger partial charge < -0.3 is 4.46 Å². The van der Waals surface area contributed by atoms with Gasteiger partial charge >= 0.3 is 9.41 Å². The molecule has 0 amide bonds. The van der Waals surface area contributed by atoms with Gasteiger partial charge in [-0.05, 0) is 12.5 Å². The van der Waals surface area contributed by atoms with Gasteiger partial charge in [-0.25, -0.2) is 0 Å². The molecule has 0 aliphatic carbocycles. The molecule has 0 saturated heterocycles. The maximum absolute atomic E-state index is 10.1. The van der Waals surface area contributed by atoms with E-state index >= 15 is 0 Å².